The first-order chi connectivity index (χ1) is 8.02. The molecular formula is C8H18O8Sn. The summed E-state index contributed by atoms with van der Waals surface area (Å²) in [5, 5.41) is 8.67. The molecule has 0 spiro atoms. The summed E-state index contributed by atoms with van der Waals surface area (Å²) in [5.41, 5.74) is 0. The van der Waals surface area contributed by atoms with Gasteiger partial charge in [0.05, 0.1) is 0 Å². The average molecular weight is 361 g/mol. The van der Waals surface area contributed by atoms with Gasteiger partial charge in [-0.25, -0.2) is 0 Å². The van der Waals surface area contributed by atoms with Crippen molar-refractivity contribution in [2.45, 2.75) is 31.8 Å². The van der Waals surface area contributed by atoms with Crippen LogP contribution in [0.2, 0.25) is 0 Å². The van der Waals surface area contributed by atoms with Crippen molar-refractivity contribution in [3.8, 4) is 0 Å². The van der Waals surface area contributed by atoms with Crippen LogP contribution in [0.15, 0.2) is 0 Å². The van der Waals surface area contributed by atoms with E-state index in [2.05, 4.69) is 4.89 Å². The van der Waals surface area contributed by atoms with Gasteiger partial charge in [0.2, 0.25) is 0 Å². The Morgan fingerprint density at radius 1 is 1.24 bits per heavy atom. The SMILES string of the molecule is CCO[O][Sn]([O]OCC)([O]C(C)=O)[CH](C)OO. The molecule has 0 saturated heterocycles. The zero-order valence-corrected chi connectivity index (χ0v) is 13.2. The molecule has 0 saturated carbocycles. The normalized spacial score (nSPS) is 13.5. The Morgan fingerprint density at radius 3 is 2.00 bits per heavy atom. The van der Waals surface area contributed by atoms with Crippen molar-refractivity contribution in [3.05, 3.63) is 0 Å². The molecule has 1 N–H and O–H groups in total. The molecule has 102 valence electrons. The maximum atomic E-state index is 11.0. The Balaban J connectivity index is 4.82. The molecule has 17 heavy (non-hydrogen) atoms. The van der Waals surface area contributed by atoms with E-state index in [1.165, 1.54) is 13.8 Å². The standard InChI is InChI=1S/2C2H6O2.C2H5O2.C2H4O2.Sn/c3*1-2-4-3;1-2(3)4;/h2*3H,2H2,1H3;2-3H,1H3;1H3,(H,3,4);/q;;;;+3/p-3. The quantitative estimate of drug-likeness (QED) is 0.367. The number of rotatable bonds is 9. The first kappa shape index (κ1) is 17.0. The van der Waals surface area contributed by atoms with Gasteiger partial charge in [-0.2, -0.15) is 0 Å². The average Bonchev–Trinajstić information content (AvgIpc) is 2.31. The van der Waals surface area contributed by atoms with Crippen molar-refractivity contribution in [1.82, 2.24) is 0 Å². The summed E-state index contributed by atoms with van der Waals surface area (Å²) >= 11 is -4.61. The molecule has 0 aromatic heterocycles. The first-order valence-electron chi connectivity index (χ1n) is 5.13. The number of carbonyl (C=O) groups is 1. The van der Waals surface area contributed by atoms with Gasteiger partial charge < -0.3 is 0 Å². The minimum atomic E-state index is -4.61. The molecule has 0 aliphatic carbocycles. The van der Waals surface area contributed by atoms with Gasteiger partial charge in [0.15, 0.2) is 0 Å². The van der Waals surface area contributed by atoms with Gasteiger partial charge >= 0.3 is 105 Å². The molecular weight excluding hydrogens is 343 g/mol. The van der Waals surface area contributed by atoms with Gasteiger partial charge in [0, 0.05) is 0 Å². The monoisotopic (exact) mass is 362 g/mol. The van der Waals surface area contributed by atoms with E-state index in [1.807, 2.05) is 0 Å². The fourth-order valence-electron chi connectivity index (χ4n) is 0.813. The van der Waals surface area contributed by atoms with Crippen molar-refractivity contribution in [3.63, 3.8) is 0 Å². The van der Waals surface area contributed by atoms with E-state index in [-0.39, 0.29) is 13.2 Å². The summed E-state index contributed by atoms with van der Waals surface area (Å²) in [6.45, 7) is 6.39. The second kappa shape index (κ2) is 9.02. The van der Waals surface area contributed by atoms with Crippen LogP contribution >= 0.6 is 0 Å². The van der Waals surface area contributed by atoms with Crippen LogP contribution < -0.4 is 0 Å². The number of hydrogen-bond donors (Lipinski definition) is 1. The van der Waals surface area contributed by atoms with Crippen molar-refractivity contribution >= 4 is 25.6 Å². The number of hydrogen-bond acceptors (Lipinski definition) is 8. The second-order valence-electron chi connectivity index (χ2n) is 2.92. The van der Waals surface area contributed by atoms with Crippen molar-refractivity contribution in [2.75, 3.05) is 13.2 Å². The van der Waals surface area contributed by atoms with E-state index in [4.69, 9.17) is 24.6 Å². The van der Waals surface area contributed by atoms with Crippen LogP contribution in [0.5, 0.6) is 0 Å². The van der Waals surface area contributed by atoms with Crippen LogP contribution in [0.3, 0.4) is 0 Å². The van der Waals surface area contributed by atoms with E-state index in [0.29, 0.717) is 0 Å². The number of carbonyl (C=O) groups excluding carboxylic acids is 1. The van der Waals surface area contributed by atoms with Gasteiger partial charge in [-0.3, -0.25) is 0 Å². The van der Waals surface area contributed by atoms with Crippen LogP contribution in [0.1, 0.15) is 27.7 Å². The van der Waals surface area contributed by atoms with Gasteiger partial charge in [-0.15, -0.1) is 0 Å². The van der Waals surface area contributed by atoms with Gasteiger partial charge in [-0.05, 0) is 0 Å². The van der Waals surface area contributed by atoms with Gasteiger partial charge in [-0.1, -0.05) is 0 Å². The molecule has 1 unspecified atom stereocenters. The summed E-state index contributed by atoms with van der Waals surface area (Å²) in [6.07, 6.45) is 0. The maximum absolute atomic E-state index is 11.0. The van der Waals surface area contributed by atoms with Crippen molar-refractivity contribution in [2.24, 2.45) is 0 Å². The predicted molar refractivity (Wildman–Crippen MR) is 56.1 cm³/mol. The topological polar surface area (TPSA) is 92.7 Å². The Kier molecular flexibility index (Phi) is 9.04. The third kappa shape index (κ3) is 5.95. The van der Waals surface area contributed by atoms with Crippen LogP contribution in [-0.4, -0.2) is 48.2 Å². The summed E-state index contributed by atoms with van der Waals surface area (Å²) < 4.78 is 14.0. The fraction of sp³-hybridized carbons (Fsp3) is 0.875. The van der Waals surface area contributed by atoms with Crippen LogP contribution in [0.4, 0.5) is 0 Å². The molecule has 0 aromatic carbocycles. The molecule has 0 amide bonds. The Morgan fingerprint density at radius 2 is 1.71 bits per heavy atom. The van der Waals surface area contributed by atoms with E-state index < -0.39 is 29.7 Å². The van der Waals surface area contributed by atoms with E-state index in [1.54, 1.807) is 13.8 Å². The summed E-state index contributed by atoms with van der Waals surface area (Å²) in [6, 6.07) is 0. The molecule has 0 heterocycles. The van der Waals surface area contributed by atoms with Crippen LogP contribution in [0, 0.1) is 0 Å². The van der Waals surface area contributed by atoms with Crippen molar-refractivity contribution < 1.29 is 34.2 Å². The summed E-state index contributed by atoms with van der Waals surface area (Å²) in [5.74, 6) is -0.635. The molecule has 1 atom stereocenters. The predicted octanol–water partition coefficient (Wildman–Crippen LogP) is 0.842. The second-order valence-corrected chi connectivity index (χ2v) is 10.2. The zero-order chi connectivity index (χ0) is 13.3. The minimum absolute atomic E-state index is 0.216. The molecule has 9 heteroatoms. The zero-order valence-electron chi connectivity index (χ0n) is 10.3. The Labute approximate surface area is 105 Å². The molecule has 0 radical (unpaired) electrons. The first-order valence-corrected chi connectivity index (χ1v) is 10.3. The third-order valence-corrected chi connectivity index (χ3v) is 8.30. The van der Waals surface area contributed by atoms with E-state index in [0.717, 1.165) is 0 Å². The molecule has 0 aromatic rings. The van der Waals surface area contributed by atoms with E-state index in [9.17, 15) is 4.79 Å². The van der Waals surface area contributed by atoms with Crippen molar-refractivity contribution in [1.29, 1.82) is 0 Å². The third-order valence-electron chi connectivity index (χ3n) is 1.53. The molecule has 0 aliphatic rings. The van der Waals surface area contributed by atoms with Crippen LogP contribution in [-0.2, 0) is 29.0 Å². The molecule has 0 rings (SSSR count). The molecule has 0 fully saturated rings. The Hall–Kier alpha value is 0.0287. The molecule has 0 aliphatic heterocycles. The van der Waals surface area contributed by atoms with Gasteiger partial charge in [0.25, 0.3) is 0 Å². The summed E-state index contributed by atoms with van der Waals surface area (Å²) in [7, 11) is 0. The van der Waals surface area contributed by atoms with E-state index >= 15 is 0 Å². The Bertz CT molecular complexity index is 216. The molecule has 0 bridgehead atoms. The van der Waals surface area contributed by atoms with Gasteiger partial charge in [0.1, 0.15) is 0 Å². The fourth-order valence-corrected chi connectivity index (χ4v) is 5.46. The van der Waals surface area contributed by atoms with Crippen LogP contribution in [0.25, 0.3) is 0 Å². The molecule has 8 nitrogen and oxygen atoms in total. The summed E-state index contributed by atoms with van der Waals surface area (Å²) in [4.78, 5) is 24.6.